The van der Waals surface area contributed by atoms with E-state index in [-0.39, 0.29) is 11.2 Å². The van der Waals surface area contributed by atoms with Crippen molar-refractivity contribution in [3.8, 4) is 0 Å². The number of carbonyl (C=O) groups is 1. The summed E-state index contributed by atoms with van der Waals surface area (Å²) in [5.41, 5.74) is 3.98. The van der Waals surface area contributed by atoms with Gasteiger partial charge in [-0.1, -0.05) is 49.2 Å². The second kappa shape index (κ2) is 4.48. The molecule has 0 radical (unpaired) electrons. The molecule has 2 rings (SSSR count). The Hall–Kier alpha value is -1.37. The summed E-state index contributed by atoms with van der Waals surface area (Å²) in [6, 6.07) is 8.57. The van der Waals surface area contributed by atoms with Crippen LogP contribution in [-0.2, 0) is 11.2 Å². The largest absolute Gasteiger partial charge is 0.295 e. The van der Waals surface area contributed by atoms with Crippen LogP contribution < -0.4 is 0 Å². The standard InChI is InChI=1S/C16H20O/c1-12-4-6-13(7-5-12)8-14-9-15(17)11-16(2,3)10-14/h4-7,9H,8,10-11H2,1-3H3. The molecule has 1 nitrogen and oxygen atoms in total. The van der Waals surface area contributed by atoms with E-state index in [0.717, 1.165) is 12.8 Å². The molecule has 1 heteroatoms. The monoisotopic (exact) mass is 228 g/mol. The van der Waals surface area contributed by atoms with Crippen LogP contribution >= 0.6 is 0 Å². The number of benzene rings is 1. The fourth-order valence-electron chi connectivity index (χ4n) is 2.56. The van der Waals surface area contributed by atoms with Crippen molar-refractivity contribution in [3.63, 3.8) is 0 Å². The molecule has 0 fully saturated rings. The van der Waals surface area contributed by atoms with Crippen molar-refractivity contribution in [1.82, 2.24) is 0 Å². The Morgan fingerprint density at radius 2 is 1.76 bits per heavy atom. The van der Waals surface area contributed by atoms with Crippen molar-refractivity contribution >= 4 is 5.78 Å². The van der Waals surface area contributed by atoms with E-state index >= 15 is 0 Å². The first-order chi connectivity index (χ1) is 7.94. The number of hydrogen-bond donors (Lipinski definition) is 0. The van der Waals surface area contributed by atoms with Gasteiger partial charge in [0.25, 0.3) is 0 Å². The van der Waals surface area contributed by atoms with Gasteiger partial charge in [0.1, 0.15) is 0 Å². The lowest BCUT2D eigenvalue weighted by Gasteiger charge is -2.28. The predicted octanol–water partition coefficient (Wildman–Crippen LogP) is 3.85. The molecule has 0 saturated carbocycles. The van der Waals surface area contributed by atoms with Gasteiger partial charge in [-0.05, 0) is 36.8 Å². The Labute approximate surface area is 104 Å². The highest BCUT2D eigenvalue weighted by molar-refractivity contribution is 5.91. The van der Waals surface area contributed by atoms with Gasteiger partial charge in [-0.25, -0.2) is 0 Å². The SMILES string of the molecule is Cc1ccc(CC2=CC(=O)CC(C)(C)C2)cc1. The second-order valence-corrected chi connectivity index (χ2v) is 5.95. The topological polar surface area (TPSA) is 17.1 Å². The van der Waals surface area contributed by atoms with Gasteiger partial charge in [-0.15, -0.1) is 0 Å². The van der Waals surface area contributed by atoms with Crippen LogP contribution in [0.25, 0.3) is 0 Å². The van der Waals surface area contributed by atoms with E-state index in [4.69, 9.17) is 0 Å². The fraction of sp³-hybridized carbons (Fsp3) is 0.438. The first-order valence-electron chi connectivity index (χ1n) is 6.22. The highest BCUT2D eigenvalue weighted by Crippen LogP contribution is 2.34. The molecule has 0 atom stereocenters. The van der Waals surface area contributed by atoms with Gasteiger partial charge in [0, 0.05) is 6.42 Å². The molecule has 0 N–H and O–H groups in total. The van der Waals surface area contributed by atoms with Crippen LogP contribution in [0.3, 0.4) is 0 Å². The van der Waals surface area contributed by atoms with Crippen LogP contribution in [0, 0.1) is 12.3 Å². The molecular formula is C16H20O. The maximum absolute atomic E-state index is 11.7. The van der Waals surface area contributed by atoms with Crippen LogP contribution in [0.4, 0.5) is 0 Å². The molecule has 1 aliphatic carbocycles. The quantitative estimate of drug-likeness (QED) is 0.751. The number of aryl methyl sites for hydroxylation is 1. The van der Waals surface area contributed by atoms with E-state index in [9.17, 15) is 4.79 Å². The third-order valence-electron chi connectivity index (χ3n) is 3.28. The lowest BCUT2D eigenvalue weighted by atomic mass is 9.75. The molecule has 1 aromatic rings. The van der Waals surface area contributed by atoms with Crippen molar-refractivity contribution in [2.24, 2.45) is 5.41 Å². The Bertz CT molecular complexity index is 449. The third-order valence-corrected chi connectivity index (χ3v) is 3.28. The highest BCUT2D eigenvalue weighted by atomic mass is 16.1. The molecule has 0 spiro atoms. The van der Waals surface area contributed by atoms with Crippen LogP contribution in [-0.4, -0.2) is 5.78 Å². The van der Waals surface area contributed by atoms with Gasteiger partial charge in [0.2, 0.25) is 0 Å². The summed E-state index contributed by atoms with van der Waals surface area (Å²) in [6.45, 7) is 6.44. The summed E-state index contributed by atoms with van der Waals surface area (Å²) in [4.78, 5) is 11.7. The van der Waals surface area contributed by atoms with E-state index in [1.807, 2.05) is 6.08 Å². The predicted molar refractivity (Wildman–Crippen MR) is 71.0 cm³/mol. The maximum Gasteiger partial charge on any atom is 0.156 e. The molecule has 0 bridgehead atoms. The van der Waals surface area contributed by atoms with Crippen LogP contribution in [0.5, 0.6) is 0 Å². The van der Waals surface area contributed by atoms with Crippen molar-refractivity contribution in [2.75, 3.05) is 0 Å². The first kappa shape index (κ1) is 12.1. The summed E-state index contributed by atoms with van der Waals surface area (Å²) < 4.78 is 0. The third kappa shape index (κ3) is 3.29. The molecule has 0 heterocycles. The van der Waals surface area contributed by atoms with Gasteiger partial charge in [0.05, 0.1) is 0 Å². The zero-order valence-corrected chi connectivity index (χ0v) is 10.9. The Balaban J connectivity index is 2.13. The molecule has 0 saturated heterocycles. The van der Waals surface area contributed by atoms with Gasteiger partial charge in [-0.3, -0.25) is 4.79 Å². The average Bonchev–Trinajstić information content (AvgIpc) is 2.18. The number of allylic oxidation sites excluding steroid dienone is 2. The Kier molecular flexibility index (Phi) is 3.19. The van der Waals surface area contributed by atoms with E-state index in [1.165, 1.54) is 16.7 Å². The molecular weight excluding hydrogens is 208 g/mol. The van der Waals surface area contributed by atoms with Crippen molar-refractivity contribution in [2.45, 2.75) is 40.0 Å². The zero-order valence-electron chi connectivity index (χ0n) is 10.9. The van der Waals surface area contributed by atoms with Crippen molar-refractivity contribution < 1.29 is 4.79 Å². The fourth-order valence-corrected chi connectivity index (χ4v) is 2.56. The summed E-state index contributed by atoms with van der Waals surface area (Å²) >= 11 is 0. The van der Waals surface area contributed by atoms with Crippen LogP contribution in [0.15, 0.2) is 35.9 Å². The minimum absolute atomic E-state index is 0.131. The lowest BCUT2D eigenvalue weighted by Crippen LogP contribution is -2.22. The van der Waals surface area contributed by atoms with E-state index in [2.05, 4.69) is 45.0 Å². The normalized spacial score (nSPS) is 19.0. The summed E-state index contributed by atoms with van der Waals surface area (Å²) in [5, 5.41) is 0. The minimum Gasteiger partial charge on any atom is -0.295 e. The van der Waals surface area contributed by atoms with E-state index < -0.39 is 0 Å². The van der Waals surface area contributed by atoms with E-state index in [1.54, 1.807) is 0 Å². The minimum atomic E-state index is 0.131. The first-order valence-corrected chi connectivity index (χ1v) is 6.22. The molecule has 1 aromatic carbocycles. The summed E-state index contributed by atoms with van der Waals surface area (Å²) in [7, 11) is 0. The number of rotatable bonds is 2. The number of carbonyl (C=O) groups excluding carboxylic acids is 1. The zero-order chi connectivity index (χ0) is 12.5. The van der Waals surface area contributed by atoms with E-state index in [0.29, 0.717) is 6.42 Å². The number of ketones is 1. The Morgan fingerprint density at radius 3 is 2.35 bits per heavy atom. The average molecular weight is 228 g/mol. The molecule has 0 aliphatic heterocycles. The summed E-state index contributed by atoms with van der Waals surface area (Å²) in [6.07, 6.45) is 4.48. The molecule has 1 aliphatic rings. The van der Waals surface area contributed by atoms with Crippen LogP contribution in [0.1, 0.15) is 37.8 Å². The Morgan fingerprint density at radius 1 is 1.12 bits per heavy atom. The van der Waals surface area contributed by atoms with Gasteiger partial charge in [0.15, 0.2) is 5.78 Å². The van der Waals surface area contributed by atoms with Crippen molar-refractivity contribution in [1.29, 1.82) is 0 Å². The lowest BCUT2D eigenvalue weighted by molar-refractivity contribution is -0.117. The van der Waals surface area contributed by atoms with Gasteiger partial charge in [-0.2, -0.15) is 0 Å². The van der Waals surface area contributed by atoms with Gasteiger partial charge >= 0.3 is 0 Å². The molecule has 0 amide bonds. The molecule has 0 aromatic heterocycles. The maximum atomic E-state index is 11.7. The molecule has 0 unspecified atom stereocenters. The van der Waals surface area contributed by atoms with Crippen molar-refractivity contribution in [3.05, 3.63) is 47.0 Å². The highest BCUT2D eigenvalue weighted by Gasteiger charge is 2.27. The molecule has 90 valence electrons. The molecule has 17 heavy (non-hydrogen) atoms. The van der Waals surface area contributed by atoms with Crippen LogP contribution in [0.2, 0.25) is 0 Å². The van der Waals surface area contributed by atoms with Gasteiger partial charge < -0.3 is 0 Å². The summed E-state index contributed by atoms with van der Waals surface area (Å²) in [5.74, 6) is 0.281. The number of hydrogen-bond acceptors (Lipinski definition) is 1. The second-order valence-electron chi connectivity index (χ2n) is 5.95. The smallest absolute Gasteiger partial charge is 0.156 e.